The summed E-state index contributed by atoms with van der Waals surface area (Å²) < 4.78 is 5.38. The van der Waals surface area contributed by atoms with Crippen LogP contribution in [0.15, 0.2) is 18.3 Å². The van der Waals surface area contributed by atoms with Crippen molar-refractivity contribution in [1.29, 1.82) is 0 Å². The molecule has 0 bridgehead atoms. The largest absolute Gasteiger partial charge is 0.381 e. The molecule has 1 amide bonds. The predicted octanol–water partition coefficient (Wildman–Crippen LogP) is 1.08. The van der Waals surface area contributed by atoms with Crippen molar-refractivity contribution in [3.8, 4) is 0 Å². The van der Waals surface area contributed by atoms with Crippen LogP contribution in [-0.2, 0) is 4.74 Å². The van der Waals surface area contributed by atoms with E-state index in [0.29, 0.717) is 22.7 Å². The van der Waals surface area contributed by atoms with E-state index in [1.807, 2.05) is 0 Å². The average molecular weight is 311 g/mol. The fourth-order valence-electron chi connectivity index (χ4n) is 2.85. The van der Waals surface area contributed by atoms with Gasteiger partial charge in [-0.2, -0.15) is 0 Å². The zero-order valence-electron chi connectivity index (χ0n) is 11.6. The number of ether oxygens (including phenoxy) is 1. The Kier molecular flexibility index (Phi) is 4.70. The summed E-state index contributed by atoms with van der Waals surface area (Å²) in [5, 5.41) is 3.45. The van der Waals surface area contributed by atoms with Crippen LogP contribution in [0.5, 0.6) is 0 Å². The molecule has 7 heteroatoms. The first-order valence-electron chi connectivity index (χ1n) is 7.23. The van der Waals surface area contributed by atoms with Crippen LogP contribution in [-0.4, -0.2) is 36.3 Å². The van der Waals surface area contributed by atoms with Gasteiger partial charge >= 0.3 is 0 Å². The van der Waals surface area contributed by atoms with E-state index in [1.165, 1.54) is 6.20 Å². The lowest BCUT2D eigenvalue weighted by molar-refractivity contribution is 0.0553. The molecule has 0 aromatic carbocycles. The Hall–Kier alpha value is -1.21. The topological polar surface area (TPSA) is 75.3 Å². The van der Waals surface area contributed by atoms with Crippen LogP contribution in [0.4, 0.5) is 0 Å². The van der Waals surface area contributed by atoms with E-state index in [1.54, 1.807) is 12.1 Å². The molecule has 3 N–H and O–H groups in total. The third kappa shape index (κ3) is 3.71. The Morgan fingerprint density at radius 1 is 1.33 bits per heavy atom. The molecule has 0 spiro atoms. The van der Waals surface area contributed by atoms with Crippen molar-refractivity contribution >= 4 is 17.5 Å². The van der Waals surface area contributed by atoms with E-state index in [2.05, 4.69) is 21.2 Å². The van der Waals surface area contributed by atoms with Gasteiger partial charge in [-0.1, -0.05) is 11.6 Å². The molecule has 3 heterocycles. The molecule has 2 aliphatic rings. The number of hydrogen-bond acceptors (Lipinski definition) is 5. The van der Waals surface area contributed by atoms with Gasteiger partial charge in [0, 0.05) is 25.5 Å². The fraction of sp³-hybridized carbons (Fsp3) is 0.571. The third-order valence-electron chi connectivity index (χ3n) is 4.03. The normalized spacial score (nSPS) is 26.7. The molecule has 1 aromatic heterocycles. The van der Waals surface area contributed by atoms with Crippen molar-refractivity contribution in [3.63, 3.8) is 0 Å². The molecule has 2 aliphatic heterocycles. The summed E-state index contributed by atoms with van der Waals surface area (Å²) in [6.45, 7) is 1.66. The number of carbonyl (C=O) groups excluding carboxylic acids is 1. The molecule has 0 radical (unpaired) electrons. The van der Waals surface area contributed by atoms with Crippen molar-refractivity contribution in [2.75, 3.05) is 13.2 Å². The minimum Gasteiger partial charge on any atom is -0.381 e. The third-order valence-corrected chi connectivity index (χ3v) is 4.26. The number of nitrogens with one attached hydrogen (secondary N) is 3. The quantitative estimate of drug-likeness (QED) is 0.779. The molecule has 2 unspecified atom stereocenters. The maximum absolute atomic E-state index is 12.1. The van der Waals surface area contributed by atoms with E-state index < -0.39 is 0 Å². The molecule has 2 atom stereocenters. The van der Waals surface area contributed by atoms with Crippen molar-refractivity contribution in [1.82, 2.24) is 21.2 Å². The second kappa shape index (κ2) is 6.70. The lowest BCUT2D eigenvalue weighted by Crippen LogP contribution is -2.45. The van der Waals surface area contributed by atoms with Gasteiger partial charge in [-0.15, -0.1) is 0 Å². The molecule has 2 fully saturated rings. The number of pyridine rings is 1. The molecule has 1 aromatic rings. The first-order valence-corrected chi connectivity index (χ1v) is 7.61. The summed E-state index contributed by atoms with van der Waals surface area (Å²) in [7, 11) is 0. The van der Waals surface area contributed by atoms with Gasteiger partial charge in [0.2, 0.25) is 0 Å². The number of rotatable bonds is 3. The van der Waals surface area contributed by atoms with Crippen molar-refractivity contribution < 1.29 is 9.53 Å². The smallest absolute Gasteiger partial charge is 0.271 e. The standard InChI is InChI=1S/C14H19ClN4O2/c15-10-1-2-11(16-8-10)14(20)17-13-7-12(18-19-13)9-3-5-21-6-4-9/h1-2,8-9,12-13,18-19H,3-7H2,(H,17,20). The Morgan fingerprint density at radius 3 is 2.86 bits per heavy atom. The number of amides is 1. The fourth-order valence-corrected chi connectivity index (χ4v) is 2.96. The molecule has 0 aliphatic carbocycles. The van der Waals surface area contributed by atoms with E-state index in [9.17, 15) is 4.79 Å². The van der Waals surface area contributed by atoms with E-state index in [0.717, 1.165) is 32.5 Å². The number of aromatic nitrogens is 1. The van der Waals surface area contributed by atoms with Crippen LogP contribution < -0.4 is 16.2 Å². The number of hydrazine groups is 1. The van der Waals surface area contributed by atoms with Crippen LogP contribution in [0.25, 0.3) is 0 Å². The number of nitrogens with zero attached hydrogens (tertiary/aromatic N) is 1. The summed E-state index contributed by atoms with van der Waals surface area (Å²) in [5.74, 6) is 0.403. The van der Waals surface area contributed by atoms with E-state index in [-0.39, 0.29) is 12.1 Å². The molecule has 2 saturated heterocycles. The Balaban J connectivity index is 1.52. The number of hydrogen-bond donors (Lipinski definition) is 3. The highest BCUT2D eigenvalue weighted by Crippen LogP contribution is 2.23. The first kappa shape index (κ1) is 14.7. The van der Waals surface area contributed by atoms with Crippen LogP contribution >= 0.6 is 11.6 Å². The summed E-state index contributed by atoms with van der Waals surface area (Å²) in [4.78, 5) is 16.1. The van der Waals surface area contributed by atoms with Gasteiger partial charge in [0.15, 0.2) is 0 Å². The van der Waals surface area contributed by atoms with Crippen LogP contribution in [0.2, 0.25) is 5.02 Å². The van der Waals surface area contributed by atoms with Gasteiger partial charge in [0.25, 0.3) is 5.91 Å². The molecule has 21 heavy (non-hydrogen) atoms. The van der Waals surface area contributed by atoms with Gasteiger partial charge in [-0.25, -0.2) is 10.4 Å². The van der Waals surface area contributed by atoms with Crippen LogP contribution in [0, 0.1) is 5.92 Å². The van der Waals surface area contributed by atoms with E-state index in [4.69, 9.17) is 16.3 Å². The van der Waals surface area contributed by atoms with Crippen LogP contribution in [0.1, 0.15) is 29.8 Å². The minimum absolute atomic E-state index is 0.0807. The van der Waals surface area contributed by atoms with Gasteiger partial charge < -0.3 is 10.1 Å². The predicted molar refractivity (Wildman–Crippen MR) is 78.7 cm³/mol. The van der Waals surface area contributed by atoms with Gasteiger partial charge in [-0.3, -0.25) is 10.2 Å². The Bertz CT molecular complexity index is 490. The maximum atomic E-state index is 12.1. The highest BCUT2D eigenvalue weighted by Gasteiger charge is 2.32. The highest BCUT2D eigenvalue weighted by molar-refractivity contribution is 6.30. The Morgan fingerprint density at radius 2 is 2.14 bits per heavy atom. The number of halogens is 1. The molecule has 0 saturated carbocycles. The lowest BCUT2D eigenvalue weighted by Gasteiger charge is -2.26. The van der Waals surface area contributed by atoms with Crippen molar-refractivity contribution in [2.24, 2.45) is 5.92 Å². The summed E-state index contributed by atoms with van der Waals surface area (Å²) in [6, 6.07) is 3.65. The maximum Gasteiger partial charge on any atom is 0.271 e. The molecule has 114 valence electrons. The second-order valence-corrected chi connectivity index (χ2v) is 5.90. The molecule has 3 rings (SSSR count). The zero-order chi connectivity index (χ0) is 14.7. The van der Waals surface area contributed by atoms with Gasteiger partial charge in [0.05, 0.1) is 11.2 Å². The molecular weight excluding hydrogens is 292 g/mol. The molecule has 6 nitrogen and oxygen atoms in total. The monoisotopic (exact) mass is 310 g/mol. The zero-order valence-corrected chi connectivity index (χ0v) is 12.4. The minimum atomic E-state index is -0.196. The van der Waals surface area contributed by atoms with Crippen molar-refractivity contribution in [2.45, 2.75) is 31.5 Å². The number of carbonyl (C=O) groups is 1. The van der Waals surface area contributed by atoms with Gasteiger partial charge in [-0.05, 0) is 37.3 Å². The molecular formula is C14H19ClN4O2. The van der Waals surface area contributed by atoms with Gasteiger partial charge in [0.1, 0.15) is 5.69 Å². The summed E-state index contributed by atoms with van der Waals surface area (Å²) in [5.41, 5.74) is 6.79. The SMILES string of the molecule is O=C(NC1CC(C2CCOCC2)NN1)c1ccc(Cl)cn1. The van der Waals surface area contributed by atoms with Crippen molar-refractivity contribution in [3.05, 3.63) is 29.0 Å². The Labute approximate surface area is 128 Å². The lowest BCUT2D eigenvalue weighted by atomic mass is 9.90. The van der Waals surface area contributed by atoms with Crippen LogP contribution in [0.3, 0.4) is 0 Å². The second-order valence-electron chi connectivity index (χ2n) is 5.47. The highest BCUT2D eigenvalue weighted by atomic mass is 35.5. The first-order chi connectivity index (χ1) is 10.2. The summed E-state index contributed by atoms with van der Waals surface area (Å²) in [6.07, 6.45) is 4.39. The average Bonchev–Trinajstić information content (AvgIpc) is 2.97. The summed E-state index contributed by atoms with van der Waals surface area (Å²) >= 11 is 5.77. The van der Waals surface area contributed by atoms with E-state index >= 15 is 0 Å².